The minimum atomic E-state index is -0.202. The fraction of sp³-hybridized carbons (Fsp3) is 0.300. The number of nitriles is 1. The molecule has 0 bridgehead atoms. The summed E-state index contributed by atoms with van der Waals surface area (Å²) in [6, 6.07) is 10.7. The van der Waals surface area contributed by atoms with Crippen LogP contribution >= 0.6 is 0 Å². The third kappa shape index (κ3) is 4.90. The van der Waals surface area contributed by atoms with Crippen LogP contribution in [0.15, 0.2) is 48.3 Å². The number of carbonyl (C=O) groups is 1. The summed E-state index contributed by atoms with van der Waals surface area (Å²) in [5, 5.41) is 14.9. The first-order valence-electron chi connectivity index (χ1n) is 8.80. The molecule has 3 rings (SSSR count). The quantitative estimate of drug-likeness (QED) is 0.777. The highest BCUT2D eigenvalue weighted by atomic mass is 16.1. The van der Waals surface area contributed by atoms with Gasteiger partial charge >= 0.3 is 0 Å². The molecule has 0 saturated heterocycles. The van der Waals surface area contributed by atoms with Crippen molar-refractivity contribution in [2.24, 2.45) is 0 Å². The number of nitrogens with one attached hydrogen (secondary N) is 2. The first-order valence-corrected chi connectivity index (χ1v) is 8.80. The van der Waals surface area contributed by atoms with Crippen LogP contribution in [-0.4, -0.2) is 22.4 Å². The second-order valence-corrected chi connectivity index (χ2v) is 6.22. The second kappa shape index (κ2) is 8.77. The molecule has 0 aliphatic heterocycles. The van der Waals surface area contributed by atoms with E-state index in [2.05, 4.69) is 32.7 Å². The van der Waals surface area contributed by atoms with Crippen molar-refractivity contribution < 1.29 is 4.79 Å². The predicted molar refractivity (Wildman–Crippen MR) is 100.0 cm³/mol. The zero-order chi connectivity index (χ0) is 18.2. The Balaban J connectivity index is 1.56. The Labute approximate surface area is 153 Å². The van der Waals surface area contributed by atoms with Crippen LogP contribution in [0, 0.1) is 11.3 Å². The van der Waals surface area contributed by atoms with Crippen molar-refractivity contribution in [1.82, 2.24) is 15.3 Å². The van der Waals surface area contributed by atoms with Crippen molar-refractivity contribution in [2.75, 3.05) is 11.9 Å². The Morgan fingerprint density at radius 3 is 2.77 bits per heavy atom. The maximum atomic E-state index is 12.3. The third-order valence-corrected chi connectivity index (χ3v) is 4.30. The minimum Gasteiger partial charge on any atom is -0.350 e. The molecule has 0 unspecified atom stereocenters. The predicted octanol–water partition coefficient (Wildman–Crippen LogP) is 3.71. The van der Waals surface area contributed by atoms with Gasteiger partial charge in [0.25, 0.3) is 5.91 Å². The van der Waals surface area contributed by atoms with Crippen molar-refractivity contribution in [2.45, 2.75) is 32.1 Å². The number of nitrogens with zero attached hydrogens (tertiary/aromatic N) is 3. The number of anilines is 2. The molecule has 132 valence electrons. The van der Waals surface area contributed by atoms with Crippen molar-refractivity contribution >= 4 is 17.4 Å². The van der Waals surface area contributed by atoms with Crippen LogP contribution in [0.4, 0.5) is 11.5 Å². The SMILES string of the molecule is N#Cc1ccc(Nc2cc(C(=O)NCCC3=CCCCC3)ncn2)cc1. The van der Waals surface area contributed by atoms with Gasteiger partial charge in [0.15, 0.2) is 0 Å². The lowest BCUT2D eigenvalue weighted by Crippen LogP contribution is -2.26. The topological polar surface area (TPSA) is 90.7 Å². The lowest BCUT2D eigenvalue weighted by Gasteiger charge is -2.13. The van der Waals surface area contributed by atoms with Crippen molar-refractivity contribution in [1.29, 1.82) is 5.26 Å². The largest absolute Gasteiger partial charge is 0.350 e. The maximum absolute atomic E-state index is 12.3. The van der Waals surface area contributed by atoms with E-state index in [4.69, 9.17) is 5.26 Å². The zero-order valence-corrected chi connectivity index (χ0v) is 14.5. The van der Waals surface area contributed by atoms with Gasteiger partial charge in [-0.25, -0.2) is 9.97 Å². The number of benzene rings is 1. The molecule has 0 saturated carbocycles. The summed E-state index contributed by atoms with van der Waals surface area (Å²) in [5.41, 5.74) is 3.14. The van der Waals surface area contributed by atoms with Crippen LogP contribution < -0.4 is 10.6 Å². The molecular weight excluding hydrogens is 326 g/mol. The Kier molecular flexibility index (Phi) is 5.94. The van der Waals surface area contributed by atoms with E-state index >= 15 is 0 Å². The Bertz CT molecular complexity index is 836. The molecule has 2 N–H and O–H groups in total. The molecule has 1 aliphatic rings. The average Bonchev–Trinajstić information content (AvgIpc) is 2.69. The van der Waals surface area contributed by atoms with Gasteiger partial charge in [0.05, 0.1) is 11.6 Å². The summed E-state index contributed by atoms with van der Waals surface area (Å²) in [4.78, 5) is 20.5. The van der Waals surface area contributed by atoms with Gasteiger partial charge in [0.1, 0.15) is 17.8 Å². The molecule has 6 nitrogen and oxygen atoms in total. The number of amides is 1. The third-order valence-electron chi connectivity index (χ3n) is 4.30. The van der Waals surface area contributed by atoms with E-state index in [1.165, 1.54) is 24.7 Å². The number of aromatic nitrogens is 2. The number of hydrogen-bond donors (Lipinski definition) is 2. The molecule has 0 fully saturated rings. The van der Waals surface area contributed by atoms with E-state index in [9.17, 15) is 4.79 Å². The molecule has 0 radical (unpaired) electrons. The highest BCUT2D eigenvalue weighted by molar-refractivity contribution is 5.92. The zero-order valence-electron chi connectivity index (χ0n) is 14.5. The van der Waals surface area contributed by atoms with Crippen LogP contribution in [0.2, 0.25) is 0 Å². The summed E-state index contributed by atoms with van der Waals surface area (Å²) in [6.07, 6.45) is 9.36. The van der Waals surface area contributed by atoms with Gasteiger partial charge in [-0.1, -0.05) is 11.6 Å². The van der Waals surface area contributed by atoms with Gasteiger partial charge in [0, 0.05) is 18.3 Å². The normalized spacial score (nSPS) is 13.4. The lowest BCUT2D eigenvalue weighted by atomic mass is 9.97. The molecule has 0 spiro atoms. The highest BCUT2D eigenvalue weighted by Gasteiger charge is 2.10. The molecule has 1 heterocycles. The second-order valence-electron chi connectivity index (χ2n) is 6.22. The smallest absolute Gasteiger partial charge is 0.270 e. The first kappa shape index (κ1) is 17.6. The monoisotopic (exact) mass is 347 g/mol. The lowest BCUT2D eigenvalue weighted by molar-refractivity contribution is 0.0949. The summed E-state index contributed by atoms with van der Waals surface area (Å²) in [5.74, 6) is 0.330. The molecule has 1 aliphatic carbocycles. The van der Waals surface area contributed by atoms with E-state index in [-0.39, 0.29) is 5.91 Å². The molecule has 26 heavy (non-hydrogen) atoms. The van der Waals surface area contributed by atoms with Crippen LogP contribution in [-0.2, 0) is 0 Å². The number of rotatable bonds is 6. The minimum absolute atomic E-state index is 0.202. The molecule has 1 amide bonds. The standard InChI is InChI=1S/C20H21N5O/c21-13-16-6-8-17(9-7-16)25-19-12-18(23-14-24-19)20(26)22-11-10-15-4-2-1-3-5-15/h4,6-9,12,14H,1-3,5,10-11H2,(H,22,26)(H,23,24,25). The summed E-state index contributed by atoms with van der Waals surface area (Å²) in [6.45, 7) is 0.618. The van der Waals surface area contributed by atoms with Crippen molar-refractivity contribution in [3.63, 3.8) is 0 Å². The van der Waals surface area contributed by atoms with E-state index in [1.54, 1.807) is 30.3 Å². The fourth-order valence-corrected chi connectivity index (χ4v) is 2.88. The maximum Gasteiger partial charge on any atom is 0.270 e. The Hall–Kier alpha value is -3.20. The molecule has 1 aromatic heterocycles. The van der Waals surface area contributed by atoms with Crippen molar-refractivity contribution in [3.8, 4) is 6.07 Å². The summed E-state index contributed by atoms with van der Waals surface area (Å²) < 4.78 is 0. The highest BCUT2D eigenvalue weighted by Crippen LogP contribution is 2.19. The van der Waals surface area contributed by atoms with Crippen LogP contribution in [0.3, 0.4) is 0 Å². The van der Waals surface area contributed by atoms with Gasteiger partial charge in [-0.15, -0.1) is 0 Å². The van der Waals surface area contributed by atoms with E-state index in [1.807, 2.05) is 0 Å². The fourth-order valence-electron chi connectivity index (χ4n) is 2.88. The average molecular weight is 347 g/mol. The van der Waals surface area contributed by atoms with Gasteiger partial charge in [-0.3, -0.25) is 4.79 Å². The molecular formula is C20H21N5O. The van der Waals surface area contributed by atoms with E-state index < -0.39 is 0 Å². The summed E-state index contributed by atoms with van der Waals surface area (Å²) in [7, 11) is 0. The van der Waals surface area contributed by atoms with Crippen LogP contribution in [0.5, 0.6) is 0 Å². The van der Waals surface area contributed by atoms with E-state index in [0.717, 1.165) is 24.9 Å². The van der Waals surface area contributed by atoms with Crippen molar-refractivity contribution in [3.05, 3.63) is 59.6 Å². The Morgan fingerprint density at radius 1 is 1.19 bits per heavy atom. The van der Waals surface area contributed by atoms with Crippen LogP contribution in [0.1, 0.15) is 48.2 Å². The summed E-state index contributed by atoms with van der Waals surface area (Å²) >= 11 is 0. The van der Waals surface area contributed by atoms with E-state index in [0.29, 0.717) is 23.6 Å². The molecule has 6 heteroatoms. The number of carbonyl (C=O) groups excluding carboxylic acids is 1. The Morgan fingerprint density at radius 2 is 2.04 bits per heavy atom. The van der Waals surface area contributed by atoms with Gasteiger partial charge in [-0.2, -0.15) is 5.26 Å². The first-order chi connectivity index (χ1) is 12.7. The molecule has 2 aromatic rings. The molecule has 1 aromatic carbocycles. The van der Waals surface area contributed by atoms with Crippen LogP contribution in [0.25, 0.3) is 0 Å². The number of allylic oxidation sites excluding steroid dienone is 1. The number of hydrogen-bond acceptors (Lipinski definition) is 5. The van der Waals surface area contributed by atoms with Gasteiger partial charge < -0.3 is 10.6 Å². The molecule has 0 atom stereocenters. The van der Waals surface area contributed by atoms with Gasteiger partial charge in [-0.05, 0) is 56.4 Å². The van der Waals surface area contributed by atoms with Gasteiger partial charge in [0.2, 0.25) is 0 Å².